The van der Waals surface area contributed by atoms with E-state index in [2.05, 4.69) is 97.0 Å². The zero-order chi connectivity index (χ0) is 24.6. The summed E-state index contributed by atoms with van der Waals surface area (Å²) in [4.78, 5) is 0. The maximum absolute atomic E-state index is 2.46. The zero-order valence-electron chi connectivity index (χ0n) is 22.1. The van der Waals surface area contributed by atoms with Gasteiger partial charge in [-0.25, -0.2) is 0 Å². The van der Waals surface area contributed by atoms with Crippen molar-refractivity contribution in [1.29, 1.82) is 0 Å². The van der Waals surface area contributed by atoms with Gasteiger partial charge in [0.05, 0.1) is 11.0 Å². The number of hydrogen-bond acceptors (Lipinski definition) is 0. The lowest BCUT2D eigenvalue weighted by molar-refractivity contribution is 0.572. The lowest BCUT2D eigenvalue weighted by atomic mass is 9.95. The van der Waals surface area contributed by atoms with Gasteiger partial charge in [0.25, 0.3) is 0 Å². The predicted octanol–water partition coefficient (Wildman–Crippen LogP) is 9.81. The summed E-state index contributed by atoms with van der Waals surface area (Å²) in [5.41, 5.74) is 4.16. The van der Waals surface area contributed by atoms with Gasteiger partial charge in [0.2, 0.25) is 0 Å². The third-order valence-electron chi connectivity index (χ3n) is 8.41. The van der Waals surface area contributed by atoms with Crippen molar-refractivity contribution in [2.45, 2.75) is 64.7 Å². The number of hydrogen-bond donors (Lipinski definition) is 0. The van der Waals surface area contributed by atoms with Gasteiger partial charge >= 0.3 is 0 Å². The molecule has 0 radical (unpaired) electrons. The Labute approximate surface area is 214 Å². The highest BCUT2D eigenvalue weighted by Crippen LogP contribution is 2.37. The summed E-state index contributed by atoms with van der Waals surface area (Å²) in [5, 5.41) is 10.8. The molecule has 184 valence electrons. The fourth-order valence-corrected chi connectivity index (χ4v) is 6.42. The van der Waals surface area contributed by atoms with E-state index in [1.807, 2.05) is 0 Å². The molecule has 0 saturated heterocycles. The van der Waals surface area contributed by atoms with E-state index in [0.29, 0.717) is 0 Å². The molecule has 36 heavy (non-hydrogen) atoms. The molecule has 4 aromatic carbocycles. The second kappa shape index (κ2) is 9.65. The third kappa shape index (κ3) is 3.88. The third-order valence-corrected chi connectivity index (χ3v) is 8.41. The molecule has 0 aliphatic heterocycles. The second-order valence-corrected chi connectivity index (χ2v) is 10.8. The first-order chi connectivity index (χ1) is 17.7. The molecule has 0 spiro atoms. The maximum Gasteiger partial charge on any atom is 0.0559 e. The highest BCUT2D eigenvalue weighted by molar-refractivity contribution is 6.24. The standard InChI is InChI=1S/C34H38N2/c1-4-5-6-7-8-9-10-11-12-26-23-25-14-16-30-28-17-19-31-29(15-13-24-21-22-35(2)33(24)31)27(28)18-20-32(30)34(25)36(26)3/h13-23H,4-12H2,1-3H3. The molecule has 0 unspecified atom stereocenters. The van der Waals surface area contributed by atoms with Crippen LogP contribution in [0.3, 0.4) is 0 Å². The van der Waals surface area contributed by atoms with Crippen LogP contribution >= 0.6 is 0 Å². The molecule has 0 N–H and O–H groups in total. The van der Waals surface area contributed by atoms with Crippen molar-refractivity contribution in [2.75, 3.05) is 0 Å². The smallest absolute Gasteiger partial charge is 0.0559 e. The summed E-state index contributed by atoms with van der Waals surface area (Å²) in [5.74, 6) is 0. The van der Waals surface area contributed by atoms with E-state index in [1.165, 1.54) is 118 Å². The molecule has 0 saturated carbocycles. The van der Waals surface area contributed by atoms with E-state index in [1.54, 1.807) is 0 Å². The van der Waals surface area contributed by atoms with Gasteiger partial charge in [0, 0.05) is 47.5 Å². The lowest BCUT2D eigenvalue weighted by Crippen LogP contribution is -1.97. The predicted molar refractivity (Wildman–Crippen MR) is 158 cm³/mol. The first-order valence-electron chi connectivity index (χ1n) is 14.0. The summed E-state index contributed by atoms with van der Waals surface area (Å²) in [6, 6.07) is 23.2. The van der Waals surface area contributed by atoms with Crippen LogP contribution in [0, 0.1) is 0 Å². The van der Waals surface area contributed by atoms with Crippen LogP contribution in [0.5, 0.6) is 0 Å². The molecular weight excluding hydrogens is 436 g/mol. The monoisotopic (exact) mass is 474 g/mol. The largest absolute Gasteiger partial charge is 0.350 e. The molecule has 0 fully saturated rings. The molecule has 6 aromatic rings. The molecule has 2 aromatic heterocycles. The van der Waals surface area contributed by atoms with Gasteiger partial charge in [-0.05, 0) is 46.5 Å². The Morgan fingerprint density at radius 3 is 1.75 bits per heavy atom. The Balaban J connectivity index is 1.33. The summed E-state index contributed by atoms with van der Waals surface area (Å²) in [7, 11) is 4.41. The molecular formula is C34H38N2. The number of aromatic nitrogens is 2. The van der Waals surface area contributed by atoms with E-state index in [0.717, 1.165) is 0 Å². The Kier molecular flexibility index (Phi) is 6.21. The number of unbranched alkanes of at least 4 members (excludes halogenated alkanes) is 7. The van der Waals surface area contributed by atoms with Gasteiger partial charge in [-0.15, -0.1) is 0 Å². The molecule has 6 rings (SSSR count). The van der Waals surface area contributed by atoms with Gasteiger partial charge < -0.3 is 9.13 Å². The van der Waals surface area contributed by atoms with Crippen LogP contribution in [0.4, 0.5) is 0 Å². The van der Waals surface area contributed by atoms with Gasteiger partial charge in [-0.3, -0.25) is 0 Å². The van der Waals surface area contributed by atoms with Gasteiger partial charge in [0.15, 0.2) is 0 Å². The highest BCUT2D eigenvalue weighted by Gasteiger charge is 2.13. The van der Waals surface area contributed by atoms with E-state index in [9.17, 15) is 0 Å². The van der Waals surface area contributed by atoms with Crippen molar-refractivity contribution >= 4 is 54.1 Å². The van der Waals surface area contributed by atoms with Crippen molar-refractivity contribution in [2.24, 2.45) is 14.1 Å². The zero-order valence-corrected chi connectivity index (χ0v) is 22.1. The second-order valence-electron chi connectivity index (χ2n) is 10.8. The average Bonchev–Trinajstić information content (AvgIpc) is 3.44. The van der Waals surface area contributed by atoms with Crippen molar-refractivity contribution in [3.05, 3.63) is 72.6 Å². The minimum Gasteiger partial charge on any atom is -0.350 e. The van der Waals surface area contributed by atoms with E-state index in [-0.39, 0.29) is 0 Å². The van der Waals surface area contributed by atoms with Crippen LogP contribution in [0.2, 0.25) is 0 Å². The summed E-state index contributed by atoms with van der Waals surface area (Å²) < 4.78 is 4.70. The molecule has 0 aliphatic carbocycles. The average molecular weight is 475 g/mol. The summed E-state index contributed by atoms with van der Waals surface area (Å²) in [6.45, 7) is 2.29. The van der Waals surface area contributed by atoms with Gasteiger partial charge in [-0.1, -0.05) is 100 Å². The minimum absolute atomic E-state index is 1.17. The van der Waals surface area contributed by atoms with E-state index < -0.39 is 0 Å². The molecule has 0 bridgehead atoms. The molecule has 0 aliphatic rings. The topological polar surface area (TPSA) is 9.86 Å². The van der Waals surface area contributed by atoms with Crippen LogP contribution in [0.25, 0.3) is 54.1 Å². The molecule has 0 atom stereocenters. The van der Waals surface area contributed by atoms with Gasteiger partial charge in [-0.2, -0.15) is 0 Å². The van der Waals surface area contributed by atoms with Crippen LogP contribution < -0.4 is 0 Å². The maximum atomic E-state index is 2.46. The Hall–Kier alpha value is -3.26. The van der Waals surface area contributed by atoms with Crippen LogP contribution in [0.15, 0.2) is 66.9 Å². The number of nitrogens with zero attached hydrogens (tertiary/aromatic N) is 2. The van der Waals surface area contributed by atoms with Crippen molar-refractivity contribution in [3.8, 4) is 0 Å². The molecule has 2 heterocycles. The number of rotatable bonds is 9. The minimum atomic E-state index is 1.17. The Bertz CT molecular complexity index is 1700. The first-order valence-corrected chi connectivity index (χ1v) is 14.0. The van der Waals surface area contributed by atoms with Crippen molar-refractivity contribution < 1.29 is 0 Å². The van der Waals surface area contributed by atoms with Crippen molar-refractivity contribution in [3.63, 3.8) is 0 Å². The molecule has 2 nitrogen and oxygen atoms in total. The number of benzene rings is 4. The van der Waals surface area contributed by atoms with Gasteiger partial charge in [0.1, 0.15) is 0 Å². The van der Waals surface area contributed by atoms with E-state index in [4.69, 9.17) is 0 Å². The van der Waals surface area contributed by atoms with Crippen LogP contribution in [-0.2, 0) is 20.5 Å². The fourth-order valence-electron chi connectivity index (χ4n) is 6.42. The summed E-state index contributed by atoms with van der Waals surface area (Å²) >= 11 is 0. The fraction of sp³-hybridized carbons (Fsp3) is 0.353. The van der Waals surface area contributed by atoms with Crippen molar-refractivity contribution in [1.82, 2.24) is 9.13 Å². The molecule has 0 amide bonds. The number of aryl methyl sites for hydroxylation is 3. The van der Waals surface area contributed by atoms with Crippen LogP contribution in [0.1, 0.15) is 64.0 Å². The van der Waals surface area contributed by atoms with Crippen LogP contribution in [-0.4, -0.2) is 9.13 Å². The molecule has 2 heteroatoms. The highest BCUT2D eigenvalue weighted by atomic mass is 14.9. The van der Waals surface area contributed by atoms with E-state index >= 15 is 0 Å². The normalized spacial score (nSPS) is 12.2. The lowest BCUT2D eigenvalue weighted by Gasteiger charge is -2.11. The first kappa shape index (κ1) is 23.2. The summed E-state index contributed by atoms with van der Waals surface area (Å²) in [6.07, 6.45) is 14.3. The Morgan fingerprint density at radius 1 is 0.528 bits per heavy atom. The quantitative estimate of drug-likeness (QED) is 0.146. The Morgan fingerprint density at radius 2 is 1.06 bits per heavy atom. The SMILES string of the molecule is CCCCCCCCCCc1cc2ccc3c4ccc5c(ccc6ccn(C)c65)c4ccc3c2n1C. The number of fused-ring (bicyclic) bond motifs is 9.